The maximum atomic E-state index is 13.4. The molecule has 0 spiro atoms. The van der Waals surface area contributed by atoms with Gasteiger partial charge in [0.1, 0.15) is 35.0 Å². The zero-order valence-corrected chi connectivity index (χ0v) is 22.0. The fraction of sp³-hybridized carbons (Fsp3) is 0.182. The van der Waals surface area contributed by atoms with Gasteiger partial charge in [-0.15, -0.1) is 0 Å². The molecule has 1 aromatic heterocycles. The standard InChI is InChI=1S/C33H30O5/c1-21(2)23-10-12-25(13-11-23)31-29(35-3)19-30(36-4)32-27(34)18-28(38-33(31)32)24-14-16-26(17-15-24)37-20-22-8-6-5-7-9-22/h5-19,21H,20H2,1-4H3. The molecule has 1 heterocycles. The quantitative estimate of drug-likeness (QED) is 0.214. The second-order valence-corrected chi connectivity index (χ2v) is 9.41. The summed E-state index contributed by atoms with van der Waals surface area (Å²) in [6, 6.07) is 29.0. The van der Waals surface area contributed by atoms with Crippen molar-refractivity contribution in [1.29, 1.82) is 0 Å². The van der Waals surface area contributed by atoms with Gasteiger partial charge in [0.2, 0.25) is 0 Å². The van der Waals surface area contributed by atoms with E-state index in [2.05, 4.69) is 26.0 Å². The van der Waals surface area contributed by atoms with Gasteiger partial charge in [-0.3, -0.25) is 4.79 Å². The van der Waals surface area contributed by atoms with Crippen LogP contribution in [-0.4, -0.2) is 14.2 Å². The van der Waals surface area contributed by atoms with Crippen molar-refractivity contribution < 1.29 is 18.6 Å². The molecule has 5 nitrogen and oxygen atoms in total. The van der Waals surface area contributed by atoms with Gasteiger partial charge in [-0.25, -0.2) is 0 Å². The van der Waals surface area contributed by atoms with E-state index in [1.54, 1.807) is 13.2 Å². The molecule has 0 amide bonds. The van der Waals surface area contributed by atoms with E-state index < -0.39 is 0 Å². The maximum Gasteiger partial charge on any atom is 0.197 e. The summed E-state index contributed by atoms with van der Waals surface area (Å²) in [6.45, 7) is 4.78. The number of ether oxygens (including phenoxy) is 3. The first-order valence-electron chi connectivity index (χ1n) is 12.6. The number of rotatable bonds is 8. The third-order valence-electron chi connectivity index (χ3n) is 6.62. The summed E-state index contributed by atoms with van der Waals surface area (Å²) in [6.07, 6.45) is 0. The minimum Gasteiger partial charge on any atom is -0.496 e. The van der Waals surface area contributed by atoms with Gasteiger partial charge >= 0.3 is 0 Å². The van der Waals surface area contributed by atoms with Crippen molar-refractivity contribution in [3.63, 3.8) is 0 Å². The molecule has 5 rings (SSSR count). The lowest BCUT2D eigenvalue weighted by atomic mass is 9.96. The maximum absolute atomic E-state index is 13.4. The Kier molecular flexibility index (Phi) is 7.18. The van der Waals surface area contributed by atoms with Crippen LogP contribution in [0.1, 0.15) is 30.9 Å². The van der Waals surface area contributed by atoms with Crippen LogP contribution in [0, 0.1) is 0 Å². The lowest BCUT2D eigenvalue weighted by Gasteiger charge is -2.16. The van der Waals surface area contributed by atoms with E-state index in [1.165, 1.54) is 18.7 Å². The number of methoxy groups -OCH3 is 2. The molecule has 0 atom stereocenters. The Balaban J connectivity index is 1.58. The molecule has 0 unspecified atom stereocenters. The van der Waals surface area contributed by atoms with E-state index in [0.29, 0.717) is 46.3 Å². The molecule has 192 valence electrons. The summed E-state index contributed by atoms with van der Waals surface area (Å²) >= 11 is 0. The molecule has 0 saturated heterocycles. The minimum absolute atomic E-state index is 0.190. The second-order valence-electron chi connectivity index (χ2n) is 9.41. The van der Waals surface area contributed by atoms with E-state index in [-0.39, 0.29) is 5.43 Å². The van der Waals surface area contributed by atoms with Gasteiger partial charge in [0.15, 0.2) is 11.0 Å². The highest BCUT2D eigenvalue weighted by molar-refractivity contribution is 5.99. The highest BCUT2D eigenvalue weighted by atomic mass is 16.5. The van der Waals surface area contributed by atoms with Crippen LogP contribution >= 0.6 is 0 Å². The summed E-state index contributed by atoms with van der Waals surface area (Å²) in [5.74, 6) is 2.56. The van der Waals surface area contributed by atoms with Crippen LogP contribution in [0.25, 0.3) is 33.4 Å². The molecule has 5 aromatic rings. The summed E-state index contributed by atoms with van der Waals surface area (Å²) in [4.78, 5) is 13.4. The third kappa shape index (κ3) is 5.00. The van der Waals surface area contributed by atoms with Gasteiger partial charge < -0.3 is 18.6 Å². The molecule has 0 radical (unpaired) electrons. The molecule has 0 aliphatic carbocycles. The lowest BCUT2D eigenvalue weighted by molar-refractivity contribution is 0.306. The van der Waals surface area contributed by atoms with E-state index in [4.69, 9.17) is 18.6 Å². The predicted octanol–water partition coefficient (Wildman–Crippen LogP) is 7.85. The molecule has 0 saturated carbocycles. The van der Waals surface area contributed by atoms with Crippen LogP contribution in [-0.2, 0) is 6.61 Å². The SMILES string of the molecule is COc1cc(OC)c2c(=O)cc(-c3ccc(OCc4ccccc4)cc3)oc2c1-c1ccc(C(C)C)cc1. The van der Waals surface area contributed by atoms with Gasteiger partial charge in [-0.2, -0.15) is 0 Å². The molecule has 0 bridgehead atoms. The Labute approximate surface area is 222 Å². The van der Waals surface area contributed by atoms with Crippen molar-refractivity contribution in [1.82, 2.24) is 0 Å². The molecule has 0 fully saturated rings. The van der Waals surface area contributed by atoms with Crippen LogP contribution < -0.4 is 19.6 Å². The lowest BCUT2D eigenvalue weighted by Crippen LogP contribution is -2.05. The summed E-state index contributed by atoms with van der Waals surface area (Å²) in [7, 11) is 3.13. The zero-order chi connectivity index (χ0) is 26.6. The van der Waals surface area contributed by atoms with Crippen LogP contribution in [0.2, 0.25) is 0 Å². The predicted molar refractivity (Wildman–Crippen MR) is 151 cm³/mol. The molecular formula is C33H30O5. The van der Waals surface area contributed by atoms with Crippen LogP contribution in [0.15, 0.2) is 100 Å². The highest BCUT2D eigenvalue weighted by Crippen LogP contribution is 2.42. The Bertz CT molecular complexity index is 1600. The first-order valence-corrected chi connectivity index (χ1v) is 12.6. The van der Waals surface area contributed by atoms with Gasteiger partial charge in [0, 0.05) is 17.7 Å². The number of fused-ring (bicyclic) bond motifs is 1. The van der Waals surface area contributed by atoms with Crippen molar-refractivity contribution in [2.24, 2.45) is 0 Å². The molecule has 5 heteroatoms. The summed E-state index contributed by atoms with van der Waals surface area (Å²) in [5.41, 5.74) is 4.91. The molecule has 0 aliphatic heterocycles. The second kappa shape index (κ2) is 10.9. The van der Waals surface area contributed by atoms with Gasteiger partial charge in [0.05, 0.1) is 19.8 Å². The van der Waals surface area contributed by atoms with E-state index in [1.807, 2.05) is 66.7 Å². The normalized spacial score (nSPS) is 11.1. The van der Waals surface area contributed by atoms with E-state index in [0.717, 1.165) is 22.4 Å². The Morgan fingerprint density at radius 2 is 1.42 bits per heavy atom. The van der Waals surface area contributed by atoms with Crippen molar-refractivity contribution in [2.75, 3.05) is 14.2 Å². The fourth-order valence-electron chi connectivity index (χ4n) is 4.51. The van der Waals surface area contributed by atoms with Crippen molar-refractivity contribution in [2.45, 2.75) is 26.4 Å². The minimum atomic E-state index is -0.190. The summed E-state index contributed by atoms with van der Waals surface area (Å²) < 4.78 is 23.7. The smallest absolute Gasteiger partial charge is 0.197 e. The first kappa shape index (κ1) is 25.2. The molecule has 0 N–H and O–H groups in total. The fourth-order valence-corrected chi connectivity index (χ4v) is 4.51. The molecule has 0 aliphatic rings. The number of hydrogen-bond acceptors (Lipinski definition) is 5. The topological polar surface area (TPSA) is 57.9 Å². The Hall–Kier alpha value is -4.51. The van der Waals surface area contributed by atoms with Gasteiger partial charge in [-0.1, -0.05) is 68.4 Å². The summed E-state index contributed by atoms with van der Waals surface area (Å²) in [5, 5.41) is 0.378. The zero-order valence-electron chi connectivity index (χ0n) is 22.0. The van der Waals surface area contributed by atoms with Crippen molar-refractivity contribution >= 4 is 11.0 Å². The van der Waals surface area contributed by atoms with Crippen LogP contribution in [0.5, 0.6) is 17.2 Å². The number of hydrogen-bond donors (Lipinski definition) is 0. The average molecular weight is 507 g/mol. The number of benzene rings is 4. The molecule has 38 heavy (non-hydrogen) atoms. The third-order valence-corrected chi connectivity index (χ3v) is 6.62. The van der Waals surface area contributed by atoms with Crippen LogP contribution in [0.3, 0.4) is 0 Å². The monoisotopic (exact) mass is 506 g/mol. The largest absolute Gasteiger partial charge is 0.496 e. The van der Waals surface area contributed by atoms with E-state index >= 15 is 0 Å². The molecular weight excluding hydrogens is 476 g/mol. The van der Waals surface area contributed by atoms with Gasteiger partial charge in [-0.05, 0) is 46.9 Å². The van der Waals surface area contributed by atoms with Crippen molar-refractivity contribution in [3.05, 3.63) is 112 Å². The van der Waals surface area contributed by atoms with Crippen LogP contribution in [0.4, 0.5) is 0 Å². The first-order chi connectivity index (χ1) is 18.5. The Morgan fingerprint density at radius 1 is 0.763 bits per heavy atom. The van der Waals surface area contributed by atoms with Crippen molar-refractivity contribution in [3.8, 4) is 39.7 Å². The highest BCUT2D eigenvalue weighted by Gasteiger charge is 2.21. The Morgan fingerprint density at radius 3 is 2.05 bits per heavy atom. The molecule has 4 aromatic carbocycles. The van der Waals surface area contributed by atoms with Gasteiger partial charge in [0.25, 0.3) is 0 Å². The average Bonchev–Trinajstić information content (AvgIpc) is 2.96. The van der Waals surface area contributed by atoms with E-state index in [9.17, 15) is 4.79 Å².